The van der Waals surface area contributed by atoms with E-state index >= 15 is 0 Å². The van der Waals surface area contributed by atoms with Gasteiger partial charge in [0.05, 0.1) is 12.6 Å². The van der Waals surface area contributed by atoms with Crippen LogP contribution in [0.4, 0.5) is 8.78 Å². The van der Waals surface area contributed by atoms with Crippen LogP contribution in [0, 0.1) is 0 Å². The number of alkyl halides is 2. The second-order valence-electron chi connectivity index (χ2n) is 3.07. The van der Waals surface area contributed by atoms with E-state index in [-0.39, 0.29) is 19.0 Å². The number of rotatable bonds is 1. The van der Waals surface area contributed by atoms with Gasteiger partial charge in [-0.3, -0.25) is 4.90 Å². The molecule has 4 heteroatoms. The molecule has 64 valence electrons. The molecule has 1 unspecified atom stereocenters. The van der Waals surface area contributed by atoms with Crippen molar-refractivity contribution >= 4 is 0 Å². The predicted molar refractivity (Wildman–Crippen MR) is 39.3 cm³/mol. The molecule has 2 N–H and O–H groups in total. The van der Waals surface area contributed by atoms with Crippen molar-refractivity contribution in [2.75, 3.05) is 13.6 Å². The average Bonchev–Trinajstić information content (AvgIpc) is 2.05. The summed E-state index contributed by atoms with van der Waals surface area (Å²) in [6.07, 6.45) is -0.196. The van der Waals surface area contributed by atoms with Crippen molar-refractivity contribution in [2.45, 2.75) is 18.4 Å². The summed E-state index contributed by atoms with van der Waals surface area (Å²) in [4.78, 5) is 1.53. The molecule has 0 aromatic heterocycles. The first-order valence-corrected chi connectivity index (χ1v) is 3.45. The van der Waals surface area contributed by atoms with E-state index < -0.39 is 5.92 Å². The van der Waals surface area contributed by atoms with E-state index in [9.17, 15) is 8.78 Å². The van der Waals surface area contributed by atoms with Gasteiger partial charge in [-0.1, -0.05) is 6.58 Å². The van der Waals surface area contributed by atoms with E-state index in [4.69, 9.17) is 5.73 Å². The third-order valence-corrected chi connectivity index (χ3v) is 1.93. The lowest BCUT2D eigenvalue weighted by molar-refractivity contribution is 0.0142. The second-order valence-corrected chi connectivity index (χ2v) is 3.07. The molecule has 1 rings (SSSR count). The van der Waals surface area contributed by atoms with Gasteiger partial charge in [0.25, 0.3) is 5.92 Å². The van der Waals surface area contributed by atoms with Gasteiger partial charge in [0.15, 0.2) is 0 Å². The fourth-order valence-electron chi connectivity index (χ4n) is 1.39. The molecule has 0 aliphatic carbocycles. The topological polar surface area (TPSA) is 29.3 Å². The molecule has 0 spiro atoms. The highest BCUT2D eigenvalue weighted by molar-refractivity contribution is 5.07. The van der Waals surface area contributed by atoms with Gasteiger partial charge >= 0.3 is 0 Å². The van der Waals surface area contributed by atoms with Crippen LogP contribution in [0.2, 0.25) is 0 Å². The molecule has 11 heavy (non-hydrogen) atoms. The van der Waals surface area contributed by atoms with Crippen LogP contribution in [0.25, 0.3) is 0 Å². The number of likely N-dealkylation sites (tertiary alicyclic amines) is 1. The summed E-state index contributed by atoms with van der Waals surface area (Å²) in [5.74, 6) is -2.60. The normalized spacial score (nSPS) is 30.6. The van der Waals surface area contributed by atoms with Crippen molar-refractivity contribution in [2.24, 2.45) is 5.73 Å². The lowest BCUT2D eigenvalue weighted by atomic mass is 10.1. The lowest BCUT2D eigenvalue weighted by Crippen LogP contribution is -2.29. The number of hydrogen-bond acceptors (Lipinski definition) is 2. The van der Waals surface area contributed by atoms with E-state index in [0.717, 1.165) is 0 Å². The molecule has 1 aliphatic rings. The maximum Gasteiger partial charge on any atom is 0.262 e. The maximum absolute atomic E-state index is 12.7. The van der Waals surface area contributed by atoms with Gasteiger partial charge in [-0.15, -0.1) is 0 Å². The SMILES string of the molecule is C=C(N)C1CC(F)(F)CN1C. The van der Waals surface area contributed by atoms with Gasteiger partial charge in [0, 0.05) is 12.1 Å². The summed E-state index contributed by atoms with van der Waals surface area (Å²) in [7, 11) is 1.63. The van der Waals surface area contributed by atoms with E-state index in [0.29, 0.717) is 5.70 Å². The molecule has 0 bridgehead atoms. The zero-order chi connectivity index (χ0) is 8.65. The first-order chi connectivity index (χ1) is 4.92. The van der Waals surface area contributed by atoms with Gasteiger partial charge in [0.1, 0.15) is 0 Å². The maximum atomic E-state index is 12.7. The van der Waals surface area contributed by atoms with Gasteiger partial charge < -0.3 is 5.73 Å². The van der Waals surface area contributed by atoms with Crippen LogP contribution in [-0.2, 0) is 0 Å². The highest BCUT2D eigenvalue weighted by Crippen LogP contribution is 2.32. The van der Waals surface area contributed by atoms with Crippen LogP contribution in [-0.4, -0.2) is 30.5 Å². The van der Waals surface area contributed by atoms with E-state index in [1.165, 1.54) is 4.90 Å². The Morgan fingerprint density at radius 2 is 2.27 bits per heavy atom. The monoisotopic (exact) mass is 162 g/mol. The van der Waals surface area contributed by atoms with Crippen LogP contribution in [0.5, 0.6) is 0 Å². The number of likely N-dealkylation sites (N-methyl/N-ethyl adjacent to an activating group) is 1. The Kier molecular flexibility index (Phi) is 1.88. The van der Waals surface area contributed by atoms with Crippen LogP contribution in [0.15, 0.2) is 12.3 Å². The summed E-state index contributed by atoms with van der Waals surface area (Å²) in [6, 6.07) is -0.356. The number of hydrogen-bond donors (Lipinski definition) is 1. The van der Waals surface area contributed by atoms with Gasteiger partial charge in [-0.25, -0.2) is 8.78 Å². The second kappa shape index (κ2) is 2.44. The standard InChI is InChI=1S/C7H12F2N2/c1-5(10)6-3-7(8,9)4-11(6)2/h6H,1,3-4,10H2,2H3. The van der Waals surface area contributed by atoms with Gasteiger partial charge in [-0.05, 0) is 7.05 Å². The highest BCUT2D eigenvalue weighted by Gasteiger charge is 2.43. The largest absolute Gasteiger partial charge is 0.401 e. The van der Waals surface area contributed by atoms with Crippen molar-refractivity contribution in [3.8, 4) is 0 Å². The molecule has 1 aliphatic heterocycles. The minimum Gasteiger partial charge on any atom is -0.401 e. The molecule has 1 atom stereocenters. The zero-order valence-corrected chi connectivity index (χ0v) is 6.48. The minimum absolute atomic E-state index is 0.196. The van der Waals surface area contributed by atoms with Crippen LogP contribution < -0.4 is 5.73 Å². The first kappa shape index (κ1) is 8.46. The Morgan fingerprint density at radius 1 is 1.73 bits per heavy atom. The van der Waals surface area contributed by atoms with Gasteiger partial charge in [0.2, 0.25) is 0 Å². The Bertz CT molecular complexity index is 179. The Labute approximate surface area is 64.7 Å². The lowest BCUT2D eigenvalue weighted by Gasteiger charge is -2.17. The van der Waals surface area contributed by atoms with E-state index in [1.807, 2.05) is 0 Å². The number of nitrogens with two attached hydrogens (primary N) is 1. The minimum atomic E-state index is -2.60. The molecule has 0 amide bonds. The Balaban J connectivity index is 2.66. The fourth-order valence-corrected chi connectivity index (χ4v) is 1.39. The molecule has 1 fully saturated rings. The molecule has 1 heterocycles. The molecule has 0 saturated carbocycles. The summed E-state index contributed by atoms with van der Waals surface area (Å²) < 4.78 is 25.3. The van der Waals surface area contributed by atoms with E-state index in [1.54, 1.807) is 7.05 Å². The molecule has 0 aromatic rings. The summed E-state index contributed by atoms with van der Waals surface area (Å²) in [5, 5.41) is 0. The van der Waals surface area contributed by atoms with Crippen LogP contribution in [0.3, 0.4) is 0 Å². The Hall–Kier alpha value is -0.640. The van der Waals surface area contributed by atoms with Crippen LogP contribution >= 0.6 is 0 Å². The third-order valence-electron chi connectivity index (χ3n) is 1.93. The average molecular weight is 162 g/mol. The van der Waals surface area contributed by atoms with Crippen molar-refractivity contribution in [1.82, 2.24) is 4.90 Å². The summed E-state index contributed by atoms with van der Waals surface area (Å²) >= 11 is 0. The molecule has 2 nitrogen and oxygen atoms in total. The van der Waals surface area contributed by atoms with Crippen molar-refractivity contribution in [1.29, 1.82) is 0 Å². The molecule has 0 aromatic carbocycles. The predicted octanol–water partition coefficient (Wildman–Crippen LogP) is 0.798. The highest BCUT2D eigenvalue weighted by atomic mass is 19.3. The van der Waals surface area contributed by atoms with E-state index in [2.05, 4.69) is 6.58 Å². The first-order valence-electron chi connectivity index (χ1n) is 3.45. The number of halogens is 2. The molecule has 1 saturated heterocycles. The fraction of sp³-hybridized carbons (Fsp3) is 0.714. The molecule has 0 radical (unpaired) electrons. The molecular formula is C7H12F2N2. The van der Waals surface area contributed by atoms with Crippen molar-refractivity contribution in [3.63, 3.8) is 0 Å². The summed E-state index contributed by atoms with van der Waals surface area (Å²) in [6.45, 7) is 3.24. The quantitative estimate of drug-likeness (QED) is 0.618. The third kappa shape index (κ3) is 1.68. The van der Waals surface area contributed by atoms with Crippen LogP contribution in [0.1, 0.15) is 6.42 Å². The van der Waals surface area contributed by atoms with Crippen molar-refractivity contribution < 1.29 is 8.78 Å². The van der Waals surface area contributed by atoms with Gasteiger partial charge in [-0.2, -0.15) is 0 Å². The Morgan fingerprint density at radius 3 is 2.45 bits per heavy atom. The van der Waals surface area contributed by atoms with Crippen molar-refractivity contribution in [3.05, 3.63) is 12.3 Å². The smallest absolute Gasteiger partial charge is 0.262 e. The summed E-state index contributed by atoms with van der Waals surface area (Å²) in [5.41, 5.74) is 5.66. The number of nitrogens with zero attached hydrogens (tertiary/aromatic N) is 1. The zero-order valence-electron chi connectivity index (χ0n) is 6.48. The molecular weight excluding hydrogens is 150 g/mol.